The van der Waals surface area contributed by atoms with Gasteiger partial charge in [0.25, 0.3) is 5.91 Å². The van der Waals surface area contributed by atoms with Crippen molar-refractivity contribution in [2.75, 3.05) is 24.4 Å². The van der Waals surface area contributed by atoms with Gasteiger partial charge in [-0.3, -0.25) is 4.79 Å². The molecule has 10 heteroatoms. The largest absolute Gasteiger partial charge is 0.379 e. The highest BCUT2D eigenvalue weighted by atomic mass is 32.2. The van der Waals surface area contributed by atoms with Crippen molar-refractivity contribution < 1.29 is 22.7 Å². The van der Waals surface area contributed by atoms with E-state index < -0.39 is 36.0 Å². The Balaban J connectivity index is 1.69. The van der Waals surface area contributed by atoms with Crippen LogP contribution in [0.25, 0.3) is 0 Å². The molecule has 1 fully saturated rings. The predicted octanol–water partition coefficient (Wildman–Crippen LogP) is 3.24. The maximum Gasteiger partial charge on any atom is 0.260 e. The minimum atomic E-state index is -1.12. The number of nitrogens with zero attached hydrogens (tertiary/aromatic N) is 2. The van der Waals surface area contributed by atoms with Crippen LogP contribution in [-0.2, 0) is 10.3 Å². The first-order chi connectivity index (χ1) is 14.4. The molecule has 4 rings (SSSR count). The lowest BCUT2D eigenvalue weighted by Crippen LogP contribution is -2.50. The molecule has 0 saturated carbocycles. The lowest BCUT2D eigenvalue weighted by Gasteiger charge is -2.46. The molecule has 2 aromatic rings. The number of hydrogen-bond acceptors (Lipinski definition) is 6. The van der Waals surface area contributed by atoms with Gasteiger partial charge in [-0.1, -0.05) is 11.8 Å². The molecule has 0 bridgehead atoms. The molecule has 6 nitrogen and oxygen atoms in total. The number of carbonyl (C=O) groups is 1. The number of rotatable bonds is 4. The van der Waals surface area contributed by atoms with Crippen molar-refractivity contribution >= 4 is 28.5 Å². The van der Waals surface area contributed by atoms with E-state index >= 15 is 0 Å². The summed E-state index contributed by atoms with van der Waals surface area (Å²) in [7, 11) is 0. The van der Waals surface area contributed by atoms with Gasteiger partial charge in [-0.25, -0.2) is 18.8 Å². The van der Waals surface area contributed by atoms with E-state index in [-0.39, 0.29) is 29.3 Å². The molecule has 1 aromatic carbocycles. The molecule has 3 N–H and O–H groups in total. The Morgan fingerprint density at radius 3 is 2.97 bits per heavy atom. The van der Waals surface area contributed by atoms with Gasteiger partial charge in [-0.2, -0.15) is 4.39 Å². The number of fused-ring (bicyclic) bond motifs is 1. The molecule has 2 aliphatic heterocycles. The number of pyridine rings is 1. The van der Waals surface area contributed by atoms with E-state index in [2.05, 4.69) is 15.3 Å². The van der Waals surface area contributed by atoms with Crippen molar-refractivity contribution in [2.24, 2.45) is 16.6 Å². The van der Waals surface area contributed by atoms with E-state index in [1.54, 1.807) is 0 Å². The number of nitrogens with two attached hydrogens (primary N) is 1. The van der Waals surface area contributed by atoms with E-state index in [4.69, 9.17) is 10.5 Å². The number of benzene rings is 1. The number of ether oxygens (including phenoxy) is 1. The zero-order valence-electron chi connectivity index (χ0n) is 15.8. The van der Waals surface area contributed by atoms with E-state index in [0.717, 1.165) is 0 Å². The quantitative estimate of drug-likeness (QED) is 0.719. The average molecular weight is 436 g/mol. The van der Waals surface area contributed by atoms with Gasteiger partial charge < -0.3 is 15.8 Å². The summed E-state index contributed by atoms with van der Waals surface area (Å²) < 4.78 is 47.5. The Labute approximate surface area is 175 Å². The topological polar surface area (TPSA) is 89.6 Å². The summed E-state index contributed by atoms with van der Waals surface area (Å²) >= 11 is 1.34. The van der Waals surface area contributed by atoms with Crippen molar-refractivity contribution in [3.63, 3.8) is 0 Å². The van der Waals surface area contributed by atoms with Crippen LogP contribution in [0.5, 0.6) is 0 Å². The SMILES string of the molecule is NC1=N[C@@]2(c3cc(NC(=O)c4cccnc4F)ccc3F)CO[C@@H](CF)C[C@H]2CS1. The standard InChI is InChI=1S/C20H19F3N4O2S/c21-8-13-6-11-9-30-19(24)27-20(11,10-29-13)15-7-12(3-4-16(15)22)26-18(28)14-2-1-5-25-17(14)23/h1-5,7,11,13H,6,8-10H2,(H2,24,27)(H,26,28)/t11-,13+,20-/m0/s1. The third-order valence-electron chi connectivity index (χ3n) is 5.37. The third kappa shape index (κ3) is 3.77. The van der Waals surface area contributed by atoms with Gasteiger partial charge in [0.15, 0.2) is 5.17 Å². The molecular weight excluding hydrogens is 417 g/mol. The van der Waals surface area contributed by atoms with Crippen molar-refractivity contribution in [1.82, 2.24) is 4.98 Å². The Morgan fingerprint density at radius 1 is 1.37 bits per heavy atom. The van der Waals surface area contributed by atoms with Crippen LogP contribution >= 0.6 is 11.8 Å². The molecule has 2 aliphatic rings. The zero-order valence-corrected chi connectivity index (χ0v) is 16.6. The van der Waals surface area contributed by atoms with Gasteiger partial charge in [0, 0.05) is 29.1 Å². The highest BCUT2D eigenvalue weighted by Gasteiger charge is 2.49. The summed E-state index contributed by atoms with van der Waals surface area (Å²) in [6, 6.07) is 6.75. The van der Waals surface area contributed by atoms with Crippen molar-refractivity contribution in [2.45, 2.75) is 18.1 Å². The number of amides is 1. The maximum absolute atomic E-state index is 14.9. The van der Waals surface area contributed by atoms with Gasteiger partial charge in [0.1, 0.15) is 18.0 Å². The highest BCUT2D eigenvalue weighted by molar-refractivity contribution is 8.13. The summed E-state index contributed by atoms with van der Waals surface area (Å²) in [5.41, 5.74) is 5.03. The van der Waals surface area contributed by atoms with Crippen LogP contribution in [0, 0.1) is 17.7 Å². The molecule has 0 spiro atoms. The van der Waals surface area contributed by atoms with Crippen LogP contribution in [0.3, 0.4) is 0 Å². The van der Waals surface area contributed by atoms with Gasteiger partial charge in [0.2, 0.25) is 5.95 Å². The number of nitrogens with one attached hydrogen (secondary N) is 1. The molecule has 1 aromatic heterocycles. The van der Waals surface area contributed by atoms with Crippen molar-refractivity contribution in [3.05, 3.63) is 59.4 Å². The Bertz CT molecular complexity index is 1010. The Kier molecular flexibility index (Phi) is 5.70. The summed E-state index contributed by atoms with van der Waals surface area (Å²) in [5, 5.41) is 2.85. The minimum Gasteiger partial charge on any atom is -0.379 e. The molecule has 1 amide bonds. The summed E-state index contributed by atoms with van der Waals surface area (Å²) in [4.78, 5) is 20.4. The van der Waals surface area contributed by atoms with E-state index in [1.807, 2.05) is 0 Å². The molecule has 158 valence electrons. The number of thioether (sulfide) groups is 1. The number of halogens is 3. The summed E-state index contributed by atoms with van der Waals surface area (Å²) in [6.45, 7) is -0.662. The molecular formula is C20H19F3N4O2S. The fourth-order valence-corrected chi connectivity index (χ4v) is 4.85. The van der Waals surface area contributed by atoms with Gasteiger partial charge in [0.05, 0.1) is 18.3 Å². The number of aromatic nitrogens is 1. The molecule has 3 heterocycles. The second-order valence-corrected chi connectivity index (χ2v) is 8.24. The first-order valence-corrected chi connectivity index (χ1v) is 10.3. The molecule has 1 saturated heterocycles. The second-order valence-electron chi connectivity index (χ2n) is 7.20. The number of amidine groups is 1. The molecule has 0 radical (unpaired) electrons. The fraction of sp³-hybridized carbons (Fsp3) is 0.350. The smallest absolute Gasteiger partial charge is 0.260 e. The monoisotopic (exact) mass is 436 g/mol. The highest BCUT2D eigenvalue weighted by Crippen LogP contribution is 2.47. The van der Waals surface area contributed by atoms with Gasteiger partial charge in [-0.05, 0) is 36.8 Å². The Morgan fingerprint density at radius 2 is 2.20 bits per heavy atom. The first-order valence-electron chi connectivity index (χ1n) is 9.30. The molecule has 30 heavy (non-hydrogen) atoms. The van der Waals surface area contributed by atoms with Crippen LogP contribution in [0.4, 0.5) is 18.9 Å². The van der Waals surface area contributed by atoms with Gasteiger partial charge >= 0.3 is 0 Å². The summed E-state index contributed by atoms with van der Waals surface area (Å²) in [6.07, 6.45) is 1.04. The van der Waals surface area contributed by atoms with E-state index in [0.29, 0.717) is 17.3 Å². The van der Waals surface area contributed by atoms with Crippen LogP contribution in [-0.4, -0.2) is 41.2 Å². The van der Waals surface area contributed by atoms with Crippen LogP contribution in [0.1, 0.15) is 22.3 Å². The number of anilines is 1. The minimum absolute atomic E-state index is 0.0287. The van der Waals surface area contributed by atoms with Crippen LogP contribution < -0.4 is 11.1 Å². The summed E-state index contributed by atoms with van der Waals surface area (Å²) in [5.74, 6) is -1.81. The van der Waals surface area contributed by atoms with E-state index in [9.17, 15) is 18.0 Å². The molecule has 0 unspecified atom stereocenters. The number of hydrogen-bond donors (Lipinski definition) is 2. The third-order valence-corrected chi connectivity index (χ3v) is 6.33. The maximum atomic E-state index is 14.9. The zero-order chi connectivity index (χ0) is 21.3. The second kappa shape index (κ2) is 8.27. The molecule has 3 atom stereocenters. The van der Waals surface area contributed by atoms with E-state index in [1.165, 1.54) is 48.3 Å². The molecule has 0 aliphatic carbocycles. The predicted molar refractivity (Wildman–Crippen MR) is 108 cm³/mol. The van der Waals surface area contributed by atoms with Gasteiger partial charge in [-0.15, -0.1) is 0 Å². The number of aliphatic imine (C=N–C) groups is 1. The van der Waals surface area contributed by atoms with Crippen LogP contribution in [0.2, 0.25) is 0 Å². The Hall–Kier alpha value is -2.59. The lowest BCUT2D eigenvalue weighted by atomic mass is 9.75. The number of alkyl halides is 1. The van der Waals surface area contributed by atoms with Crippen molar-refractivity contribution in [3.8, 4) is 0 Å². The lowest BCUT2D eigenvalue weighted by molar-refractivity contribution is -0.0652. The number of carbonyl (C=O) groups excluding carboxylic acids is 1. The van der Waals surface area contributed by atoms with Crippen LogP contribution in [0.15, 0.2) is 41.5 Å². The van der Waals surface area contributed by atoms with Crippen molar-refractivity contribution in [1.29, 1.82) is 0 Å². The first kappa shape index (κ1) is 20.7. The normalized spacial score (nSPS) is 25.9. The average Bonchev–Trinajstić information content (AvgIpc) is 2.74. The fourth-order valence-electron chi connectivity index (χ4n) is 3.84.